The summed E-state index contributed by atoms with van der Waals surface area (Å²) < 4.78 is 5.97. The number of ether oxygens (including phenoxy) is 1. The number of amides is 1. The molecule has 1 saturated heterocycles. The zero-order valence-electron chi connectivity index (χ0n) is 15.1. The highest BCUT2D eigenvalue weighted by Gasteiger charge is 2.21. The van der Waals surface area contributed by atoms with Crippen LogP contribution < -0.4 is 21.5 Å². The highest BCUT2D eigenvalue weighted by molar-refractivity contribution is 6.06. The number of anilines is 1. The number of fused-ring (bicyclic) bond motifs is 1. The lowest BCUT2D eigenvalue weighted by Gasteiger charge is -2.22. The highest BCUT2D eigenvalue weighted by Crippen LogP contribution is 2.35. The molecule has 0 spiro atoms. The monoisotopic (exact) mass is 364 g/mol. The standard InChI is InChI=1S/C21H24N4O2/c22-19-4-2-1-3-14(19)12-27-15-9-16-18(13-5-7-24-8-6-13)11-25-20(16)17(10-15)21(23)26/h1-4,9-11,13,24-25H,5-8,12,22H2,(H2,23,26). The second kappa shape index (κ2) is 7.32. The quantitative estimate of drug-likeness (QED) is 0.522. The van der Waals surface area contributed by atoms with Crippen molar-refractivity contribution in [3.05, 3.63) is 59.3 Å². The average molecular weight is 364 g/mol. The Morgan fingerprint density at radius 2 is 1.96 bits per heavy atom. The summed E-state index contributed by atoms with van der Waals surface area (Å²) >= 11 is 0. The van der Waals surface area contributed by atoms with Gasteiger partial charge in [0.05, 0.1) is 11.1 Å². The van der Waals surface area contributed by atoms with Crippen LogP contribution in [0.25, 0.3) is 10.9 Å². The molecule has 2 aromatic carbocycles. The molecule has 1 aromatic heterocycles. The van der Waals surface area contributed by atoms with E-state index in [1.54, 1.807) is 6.07 Å². The van der Waals surface area contributed by atoms with Gasteiger partial charge < -0.3 is 26.5 Å². The van der Waals surface area contributed by atoms with E-state index < -0.39 is 5.91 Å². The molecule has 2 heterocycles. The zero-order chi connectivity index (χ0) is 18.8. The van der Waals surface area contributed by atoms with Crippen molar-refractivity contribution in [1.82, 2.24) is 10.3 Å². The third-order valence-corrected chi connectivity index (χ3v) is 5.29. The smallest absolute Gasteiger partial charge is 0.250 e. The number of aromatic nitrogens is 1. The maximum absolute atomic E-state index is 12.0. The van der Waals surface area contributed by atoms with Crippen molar-refractivity contribution in [3.63, 3.8) is 0 Å². The summed E-state index contributed by atoms with van der Waals surface area (Å²) in [6, 6.07) is 11.3. The van der Waals surface area contributed by atoms with E-state index in [4.69, 9.17) is 16.2 Å². The fourth-order valence-corrected chi connectivity index (χ4v) is 3.80. The summed E-state index contributed by atoms with van der Waals surface area (Å²) in [5, 5.41) is 4.40. The minimum absolute atomic E-state index is 0.337. The van der Waals surface area contributed by atoms with Gasteiger partial charge in [0.15, 0.2) is 0 Å². The lowest BCUT2D eigenvalue weighted by atomic mass is 9.89. The van der Waals surface area contributed by atoms with E-state index in [-0.39, 0.29) is 0 Å². The van der Waals surface area contributed by atoms with Gasteiger partial charge in [0, 0.05) is 22.8 Å². The molecule has 27 heavy (non-hydrogen) atoms. The van der Waals surface area contributed by atoms with Crippen LogP contribution in [0, 0.1) is 0 Å². The van der Waals surface area contributed by atoms with Crippen molar-refractivity contribution in [2.24, 2.45) is 5.73 Å². The number of hydrogen-bond donors (Lipinski definition) is 4. The number of piperidine rings is 1. The van der Waals surface area contributed by atoms with Crippen LogP contribution >= 0.6 is 0 Å². The summed E-state index contributed by atoms with van der Waals surface area (Å²) in [5.41, 5.74) is 15.7. The van der Waals surface area contributed by atoms with Gasteiger partial charge in [-0.2, -0.15) is 0 Å². The van der Waals surface area contributed by atoms with Gasteiger partial charge in [0.1, 0.15) is 12.4 Å². The highest BCUT2D eigenvalue weighted by atomic mass is 16.5. The number of nitrogen functional groups attached to an aromatic ring is 1. The molecule has 4 rings (SSSR count). The summed E-state index contributed by atoms with van der Waals surface area (Å²) in [6.45, 7) is 2.34. The van der Waals surface area contributed by atoms with Crippen molar-refractivity contribution >= 4 is 22.5 Å². The third kappa shape index (κ3) is 3.48. The first-order valence-corrected chi connectivity index (χ1v) is 9.25. The Hall–Kier alpha value is -2.99. The molecule has 1 aliphatic heterocycles. The molecule has 1 amide bonds. The van der Waals surface area contributed by atoms with Gasteiger partial charge in [-0.25, -0.2) is 0 Å². The molecule has 0 saturated carbocycles. The van der Waals surface area contributed by atoms with Crippen LogP contribution in [-0.2, 0) is 6.61 Å². The fraction of sp³-hybridized carbons (Fsp3) is 0.286. The first-order chi connectivity index (χ1) is 13.1. The number of H-pyrrole nitrogens is 1. The van der Waals surface area contributed by atoms with Gasteiger partial charge in [-0.05, 0) is 55.6 Å². The maximum Gasteiger partial charge on any atom is 0.250 e. The predicted octanol–water partition coefficient (Wildman–Crippen LogP) is 2.90. The average Bonchev–Trinajstić information content (AvgIpc) is 3.11. The van der Waals surface area contributed by atoms with Crippen LogP contribution in [0.5, 0.6) is 5.75 Å². The van der Waals surface area contributed by atoms with Crippen molar-refractivity contribution < 1.29 is 9.53 Å². The molecule has 6 N–H and O–H groups in total. The second-order valence-electron chi connectivity index (χ2n) is 7.01. The first kappa shape index (κ1) is 17.4. The van der Waals surface area contributed by atoms with Crippen LogP contribution in [0.3, 0.4) is 0 Å². The molecule has 0 unspecified atom stereocenters. The molecular weight excluding hydrogens is 340 g/mol. The molecule has 6 heteroatoms. The van der Waals surface area contributed by atoms with E-state index in [1.807, 2.05) is 36.5 Å². The molecule has 0 radical (unpaired) electrons. The number of carbonyl (C=O) groups is 1. The SMILES string of the molecule is NC(=O)c1cc(OCc2ccccc2N)cc2c(C3CCNCC3)c[nH]c12. The number of hydrogen-bond acceptors (Lipinski definition) is 4. The van der Waals surface area contributed by atoms with E-state index in [2.05, 4.69) is 10.3 Å². The zero-order valence-corrected chi connectivity index (χ0v) is 15.1. The van der Waals surface area contributed by atoms with Crippen LogP contribution in [0.1, 0.15) is 40.2 Å². The molecule has 1 fully saturated rings. The Morgan fingerprint density at radius 1 is 1.19 bits per heavy atom. The summed E-state index contributed by atoms with van der Waals surface area (Å²) in [7, 11) is 0. The van der Waals surface area contributed by atoms with E-state index in [0.717, 1.165) is 42.4 Å². The van der Waals surface area contributed by atoms with Crippen LogP contribution in [0.2, 0.25) is 0 Å². The second-order valence-corrected chi connectivity index (χ2v) is 7.01. The fourth-order valence-electron chi connectivity index (χ4n) is 3.80. The molecule has 0 aliphatic carbocycles. The van der Waals surface area contributed by atoms with E-state index in [9.17, 15) is 4.79 Å². The van der Waals surface area contributed by atoms with Gasteiger partial charge >= 0.3 is 0 Å². The Bertz CT molecular complexity index is 973. The van der Waals surface area contributed by atoms with Crippen LogP contribution in [0.4, 0.5) is 5.69 Å². The van der Waals surface area contributed by atoms with Crippen LogP contribution in [0.15, 0.2) is 42.6 Å². The van der Waals surface area contributed by atoms with Crippen molar-refractivity contribution in [2.45, 2.75) is 25.4 Å². The Morgan fingerprint density at radius 3 is 2.70 bits per heavy atom. The van der Waals surface area contributed by atoms with Gasteiger partial charge in [-0.3, -0.25) is 4.79 Å². The van der Waals surface area contributed by atoms with E-state index in [0.29, 0.717) is 29.5 Å². The van der Waals surface area contributed by atoms with Crippen molar-refractivity contribution in [1.29, 1.82) is 0 Å². The normalized spacial score (nSPS) is 15.1. The Kier molecular flexibility index (Phi) is 4.73. The molecular formula is C21H24N4O2. The number of nitrogens with two attached hydrogens (primary N) is 2. The minimum atomic E-state index is -0.469. The van der Waals surface area contributed by atoms with Crippen LogP contribution in [-0.4, -0.2) is 24.0 Å². The Labute approximate surface area is 157 Å². The molecule has 6 nitrogen and oxygen atoms in total. The predicted molar refractivity (Wildman–Crippen MR) is 107 cm³/mol. The lowest BCUT2D eigenvalue weighted by molar-refractivity contribution is 0.100. The topological polar surface area (TPSA) is 106 Å². The molecule has 0 atom stereocenters. The van der Waals surface area contributed by atoms with Gasteiger partial charge in [0.25, 0.3) is 5.91 Å². The number of primary amides is 1. The molecule has 140 valence electrons. The maximum atomic E-state index is 12.0. The largest absolute Gasteiger partial charge is 0.489 e. The minimum Gasteiger partial charge on any atom is -0.489 e. The number of aromatic amines is 1. The van der Waals surface area contributed by atoms with Gasteiger partial charge in [0.2, 0.25) is 0 Å². The number of nitrogens with one attached hydrogen (secondary N) is 2. The molecule has 1 aliphatic rings. The number of rotatable bonds is 5. The first-order valence-electron chi connectivity index (χ1n) is 9.25. The van der Waals surface area contributed by atoms with E-state index in [1.165, 1.54) is 5.56 Å². The number of benzene rings is 2. The number of para-hydroxylation sites is 1. The van der Waals surface area contributed by atoms with E-state index >= 15 is 0 Å². The molecule has 0 bridgehead atoms. The summed E-state index contributed by atoms with van der Waals surface area (Å²) in [6.07, 6.45) is 4.15. The molecule has 3 aromatic rings. The van der Waals surface area contributed by atoms with Crippen molar-refractivity contribution in [2.75, 3.05) is 18.8 Å². The van der Waals surface area contributed by atoms with Gasteiger partial charge in [-0.15, -0.1) is 0 Å². The Balaban J connectivity index is 1.70. The summed E-state index contributed by atoms with van der Waals surface area (Å²) in [4.78, 5) is 15.2. The number of carbonyl (C=O) groups excluding carboxylic acids is 1. The summed E-state index contributed by atoms with van der Waals surface area (Å²) in [5.74, 6) is 0.610. The lowest BCUT2D eigenvalue weighted by Crippen LogP contribution is -2.26. The third-order valence-electron chi connectivity index (χ3n) is 5.29. The van der Waals surface area contributed by atoms with Gasteiger partial charge in [-0.1, -0.05) is 18.2 Å². The van der Waals surface area contributed by atoms with Crippen molar-refractivity contribution in [3.8, 4) is 5.75 Å².